The fourth-order valence-electron chi connectivity index (χ4n) is 2.94. The van der Waals surface area contributed by atoms with Gasteiger partial charge in [0.15, 0.2) is 0 Å². The molecule has 26 heavy (non-hydrogen) atoms. The summed E-state index contributed by atoms with van der Waals surface area (Å²) in [6.45, 7) is 6.20. The van der Waals surface area contributed by atoms with Crippen LogP contribution in [0.3, 0.4) is 0 Å². The summed E-state index contributed by atoms with van der Waals surface area (Å²) in [6, 6.07) is 13.7. The second kappa shape index (κ2) is 7.21. The molecule has 0 fully saturated rings. The Balaban J connectivity index is 2.12. The van der Waals surface area contributed by atoms with E-state index in [2.05, 4.69) is 5.10 Å². The second-order valence-electron chi connectivity index (χ2n) is 7.39. The smallest absolute Gasteiger partial charge is 0.251 e. The molecule has 1 atom stereocenters. The number of nitrogens with two attached hydrogens (primary N) is 1. The molecule has 1 aromatic carbocycles. The van der Waals surface area contributed by atoms with Gasteiger partial charge in [0.1, 0.15) is 0 Å². The van der Waals surface area contributed by atoms with Gasteiger partial charge in [0, 0.05) is 17.4 Å². The molecule has 0 saturated heterocycles. The Hall–Kier alpha value is -2.18. The molecule has 2 N–H and O–H groups in total. The summed E-state index contributed by atoms with van der Waals surface area (Å²) < 4.78 is 6.42. The minimum absolute atomic E-state index is 0.0788. The van der Waals surface area contributed by atoms with Crippen molar-refractivity contribution in [3.05, 3.63) is 58.3 Å². The number of benzene rings is 1. The van der Waals surface area contributed by atoms with Crippen LogP contribution in [0.1, 0.15) is 44.1 Å². The zero-order valence-corrected chi connectivity index (χ0v) is 16.3. The minimum Gasteiger partial charge on any atom is -0.442 e. The molecule has 138 valence electrons. The maximum Gasteiger partial charge on any atom is 0.251 e. The first kappa shape index (κ1) is 18.6. The molecular weight excluding hydrogens is 346 g/mol. The second-order valence-corrected chi connectivity index (χ2v) is 8.34. The van der Waals surface area contributed by atoms with E-state index in [9.17, 15) is 4.79 Å². The van der Waals surface area contributed by atoms with Gasteiger partial charge in [0.25, 0.3) is 11.8 Å². The monoisotopic (exact) mass is 371 g/mol. The number of nitrogens with zero attached hydrogens (tertiary/aromatic N) is 2. The molecule has 0 aliphatic carbocycles. The van der Waals surface area contributed by atoms with Crippen LogP contribution in [0, 0.1) is 5.41 Å². The van der Waals surface area contributed by atoms with Crippen LogP contribution in [-0.4, -0.2) is 23.4 Å². The molecule has 1 aliphatic heterocycles. The van der Waals surface area contributed by atoms with Crippen LogP contribution in [-0.2, 0) is 15.3 Å². The Morgan fingerprint density at radius 1 is 1.23 bits per heavy atom. The Morgan fingerprint density at radius 2 is 1.96 bits per heavy atom. The van der Waals surface area contributed by atoms with Crippen LogP contribution in [0.15, 0.2) is 52.9 Å². The fraction of sp³-hybridized carbons (Fsp3) is 0.400. The number of thiophene rings is 1. The number of hydrogen-bond donors (Lipinski definition) is 1. The van der Waals surface area contributed by atoms with Crippen molar-refractivity contribution in [2.45, 2.75) is 39.3 Å². The number of ether oxygens (including phenoxy) is 1. The third-order valence-corrected chi connectivity index (χ3v) is 5.17. The lowest BCUT2D eigenvalue weighted by atomic mass is 9.91. The quantitative estimate of drug-likeness (QED) is 0.866. The Kier molecular flexibility index (Phi) is 5.16. The minimum atomic E-state index is -0.968. The third-order valence-electron chi connectivity index (χ3n) is 4.31. The van der Waals surface area contributed by atoms with E-state index in [0.717, 1.165) is 16.9 Å². The van der Waals surface area contributed by atoms with Crippen molar-refractivity contribution in [1.29, 1.82) is 0 Å². The summed E-state index contributed by atoms with van der Waals surface area (Å²) >= 11 is 1.54. The lowest BCUT2D eigenvalue weighted by Crippen LogP contribution is -2.49. The van der Waals surface area contributed by atoms with Crippen LogP contribution in [0.4, 0.5) is 0 Å². The highest BCUT2D eigenvalue weighted by Gasteiger charge is 2.51. The highest BCUT2D eigenvalue weighted by atomic mass is 32.1. The molecule has 2 aromatic rings. The standard InChI is InChI=1S/C20H25N3O2S/c1-19(2,3)18(24)23-20(12-8-13-21,15-9-5-4-6-10-15)25-17(22-23)16-11-7-14-26-16/h4-7,9-11,14H,8,12-13,21H2,1-3H3. The van der Waals surface area contributed by atoms with Crippen molar-refractivity contribution >= 4 is 23.1 Å². The van der Waals surface area contributed by atoms with Gasteiger partial charge < -0.3 is 10.5 Å². The Labute approximate surface area is 158 Å². The number of hydrazone groups is 1. The predicted octanol–water partition coefficient (Wildman–Crippen LogP) is 3.91. The van der Waals surface area contributed by atoms with E-state index in [1.54, 1.807) is 11.3 Å². The number of amides is 1. The summed E-state index contributed by atoms with van der Waals surface area (Å²) in [5.74, 6) is 0.406. The number of rotatable bonds is 5. The first-order valence-electron chi connectivity index (χ1n) is 8.80. The molecule has 2 heterocycles. The van der Waals surface area contributed by atoms with Crippen molar-refractivity contribution in [2.75, 3.05) is 6.54 Å². The predicted molar refractivity (Wildman–Crippen MR) is 105 cm³/mol. The van der Waals surface area contributed by atoms with Gasteiger partial charge >= 0.3 is 0 Å². The summed E-state index contributed by atoms with van der Waals surface area (Å²) in [6.07, 6.45) is 1.30. The van der Waals surface area contributed by atoms with E-state index in [1.165, 1.54) is 5.01 Å². The molecule has 0 bridgehead atoms. The van der Waals surface area contributed by atoms with E-state index >= 15 is 0 Å². The maximum atomic E-state index is 13.2. The molecule has 1 amide bonds. The molecule has 1 unspecified atom stereocenters. The van der Waals surface area contributed by atoms with Gasteiger partial charge in [-0.05, 0) is 24.4 Å². The summed E-state index contributed by atoms with van der Waals surface area (Å²) in [5.41, 5.74) is 5.14. The number of hydrogen-bond acceptors (Lipinski definition) is 5. The highest BCUT2D eigenvalue weighted by Crippen LogP contribution is 2.43. The third kappa shape index (κ3) is 3.39. The van der Waals surface area contributed by atoms with Gasteiger partial charge in [-0.15, -0.1) is 16.4 Å². The van der Waals surface area contributed by atoms with Gasteiger partial charge in [-0.25, -0.2) is 0 Å². The first-order chi connectivity index (χ1) is 12.4. The van der Waals surface area contributed by atoms with Crippen LogP contribution < -0.4 is 5.73 Å². The van der Waals surface area contributed by atoms with Gasteiger partial charge in [-0.2, -0.15) is 5.01 Å². The lowest BCUT2D eigenvalue weighted by molar-refractivity contribution is -0.161. The van der Waals surface area contributed by atoms with E-state index in [0.29, 0.717) is 18.9 Å². The molecule has 1 aromatic heterocycles. The van der Waals surface area contributed by atoms with Crippen LogP contribution in [0.2, 0.25) is 0 Å². The summed E-state index contributed by atoms with van der Waals surface area (Å²) in [4.78, 5) is 14.1. The number of carbonyl (C=O) groups is 1. The molecular formula is C20H25N3O2S. The fourth-order valence-corrected chi connectivity index (χ4v) is 3.59. The van der Waals surface area contributed by atoms with Crippen molar-refractivity contribution < 1.29 is 9.53 Å². The molecule has 0 saturated carbocycles. The zero-order valence-electron chi connectivity index (χ0n) is 15.4. The Morgan fingerprint density at radius 3 is 2.54 bits per heavy atom. The maximum absolute atomic E-state index is 13.2. The first-order valence-corrected chi connectivity index (χ1v) is 9.68. The normalized spacial score (nSPS) is 20.0. The summed E-state index contributed by atoms with van der Waals surface area (Å²) in [5, 5.41) is 8.13. The highest BCUT2D eigenvalue weighted by molar-refractivity contribution is 7.12. The average molecular weight is 372 g/mol. The Bertz CT molecular complexity index is 781. The largest absolute Gasteiger partial charge is 0.442 e. The summed E-state index contributed by atoms with van der Waals surface area (Å²) in [7, 11) is 0. The molecule has 1 aliphatic rings. The SMILES string of the molecule is CC(C)(C)C(=O)N1N=C(c2cccs2)OC1(CCCN)c1ccccc1. The topological polar surface area (TPSA) is 67.9 Å². The number of carbonyl (C=O) groups excluding carboxylic acids is 1. The molecule has 0 radical (unpaired) electrons. The van der Waals surface area contributed by atoms with Gasteiger partial charge in [0.05, 0.1) is 4.88 Å². The van der Waals surface area contributed by atoms with Crippen molar-refractivity contribution in [1.82, 2.24) is 5.01 Å². The van der Waals surface area contributed by atoms with Crippen LogP contribution >= 0.6 is 11.3 Å². The van der Waals surface area contributed by atoms with Gasteiger partial charge in [0.2, 0.25) is 5.72 Å². The van der Waals surface area contributed by atoms with Crippen molar-refractivity contribution in [3.63, 3.8) is 0 Å². The van der Waals surface area contributed by atoms with Gasteiger partial charge in [-0.1, -0.05) is 57.2 Å². The molecule has 0 spiro atoms. The van der Waals surface area contributed by atoms with Gasteiger partial charge in [-0.3, -0.25) is 4.79 Å². The van der Waals surface area contributed by atoms with E-state index in [-0.39, 0.29) is 5.91 Å². The van der Waals surface area contributed by atoms with Crippen LogP contribution in [0.25, 0.3) is 0 Å². The molecule has 3 rings (SSSR count). The van der Waals surface area contributed by atoms with Crippen molar-refractivity contribution in [3.8, 4) is 0 Å². The van der Waals surface area contributed by atoms with E-state index < -0.39 is 11.1 Å². The van der Waals surface area contributed by atoms with E-state index in [4.69, 9.17) is 10.5 Å². The molecule has 5 nitrogen and oxygen atoms in total. The van der Waals surface area contributed by atoms with E-state index in [1.807, 2.05) is 68.6 Å². The molecule has 6 heteroatoms. The zero-order chi connectivity index (χ0) is 18.8. The van der Waals surface area contributed by atoms with Crippen molar-refractivity contribution in [2.24, 2.45) is 16.3 Å². The average Bonchev–Trinajstić information content (AvgIpc) is 3.27. The lowest BCUT2D eigenvalue weighted by Gasteiger charge is -2.38. The van der Waals surface area contributed by atoms with Crippen LogP contribution in [0.5, 0.6) is 0 Å².